The number of nitrogens with one attached hydrogen (secondary N) is 1. The Balaban J connectivity index is 4.02. The molecule has 0 bridgehead atoms. The van der Waals surface area contributed by atoms with Gasteiger partial charge in [0.2, 0.25) is 5.91 Å². The van der Waals surface area contributed by atoms with Crippen molar-refractivity contribution < 1.29 is 24.2 Å². The molecule has 0 saturated carbocycles. The number of allylic oxidation sites excluding steroid dienone is 1. The van der Waals surface area contributed by atoms with Gasteiger partial charge in [-0.3, -0.25) is 9.59 Å². The number of amides is 1. The first-order chi connectivity index (χ1) is 28.4. The molecule has 2 atom stereocenters. The van der Waals surface area contributed by atoms with Crippen LogP contribution >= 0.6 is 0 Å². The maximum Gasteiger partial charge on any atom is 0.326 e. The number of hydrogen-bond acceptors (Lipinski definition) is 5. The summed E-state index contributed by atoms with van der Waals surface area (Å²) in [4.78, 5) is 36.3. The number of unbranched alkanes of at least 4 members (excludes halogenated alkanes) is 33. The highest BCUT2D eigenvalue weighted by molar-refractivity contribution is 5.83. The summed E-state index contributed by atoms with van der Waals surface area (Å²) < 4.78 is 5.99. The number of nitrogens with two attached hydrogens (primary N) is 1. The lowest BCUT2D eigenvalue weighted by molar-refractivity contribution is -0.147. The third kappa shape index (κ3) is 42.2. The fraction of sp³-hybridized carbons (Fsp3) is 0.902. The number of carboxylic acid groups (broad SMARTS) is 1. The maximum atomic E-state index is 12.8. The van der Waals surface area contributed by atoms with Crippen LogP contribution in [0.15, 0.2) is 12.2 Å². The molecule has 342 valence electrons. The van der Waals surface area contributed by atoms with E-state index in [0.717, 1.165) is 64.2 Å². The van der Waals surface area contributed by atoms with E-state index in [1.165, 1.54) is 173 Å². The molecule has 0 aromatic heterocycles. The molecule has 0 rings (SSSR count). The van der Waals surface area contributed by atoms with E-state index in [9.17, 15) is 19.5 Å². The minimum atomic E-state index is -1.00. The molecule has 0 radical (unpaired) electrons. The SMILES string of the molecule is CCCCCCCC/C=C\C(CCCCCCCCC(=O)NC(CCCN)C(=O)O)OC(=O)CCCCCCCCCCCCCCCCCCCCCCCCC. The molecule has 1 amide bonds. The van der Waals surface area contributed by atoms with Crippen LogP contribution in [0.1, 0.15) is 277 Å². The number of ether oxygens (including phenoxy) is 1. The van der Waals surface area contributed by atoms with Crippen molar-refractivity contribution in [1.82, 2.24) is 5.32 Å². The molecule has 0 aliphatic heterocycles. The number of rotatable bonds is 47. The third-order valence-corrected chi connectivity index (χ3v) is 11.8. The van der Waals surface area contributed by atoms with Gasteiger partial charge in [-0.1, -0.05) is 219 Å². The van der Waals surface area contributed by atoms with E-state index in [2.05, 4.69) is 31.3 Å². The highest BCUT2D eigenvalue weighted by Crippen LogP contribution is 2.18. The van der Waals surface area contributed by atoms with Crippen LogP contribution in [0.2, 0.25) is 0 Å². The van der Waals surface area contributed by atoms with Crippen LogP contribution in [-0.4, -0.2) is 41.6 Å². The average molecular weight is 819 g/mol. The molecule has 0 aromatic rings. The quantitative estimate of drug-likeness (QED) is 0.0320. The van der Waals surface area contributed by atoms with E-state index in [1.807, 2.05) is 0 Å². The van der Waals surface area contributed by atoms with Gasteiger partial charge >= 0.3 is 11.9 Å². The summed E-state index contributed by atoms with van der Waals surface area (Å²) in [6.45, 7) is 4.96. The van der Waals surface area contributed by atoms with Gasteiger partial charge in [-0.05, 0) is 64.0 Å². The summed E-state index contributed by atoms with van der Waals surface area (Å²) in [6.07, 6.45) is 53.1. The zero-order valence-electron chi connectivity index (χ0n) is 38.7. The van der Waals surface area contributed by atoms with Gasteiger partial charge < -0.3 is 20.9 Å². The van der Waals surface area contributed by atoms with Gasteiger partial charge in [0.25, 0.3) is 0 Å². The fourth-order valence-corrected chi connectivity index (χ4v) is 7.95. The number of esters is 1. The minimum absolute atomic E-state index is 0.0517. The Labute approximate surface area is 360 Å². The van der Waals surface area contributed by atoms with E-state index >= 15 is 0 Å². The Morgan fingerprint density at radius 3 is 1.29 bits per heavy atom. The normalized spacial score (nSPS) is 12.6. The van der Waals surface area contributed by atoms with Gasteiger partial charge in [-0.15, -0.1) is 0 Å². The Morgan fingerprint density at radius 1 is 0.500 bits per heavy atom. The standard InChI is InChI=1S/C51H98N2O5/c1-3-5-7-9-11-13-14-15-16-17-18-19-20-21-22-23-24-25-26-27-29-35-39-45-50(55)58-47(41-36-32-28-12-10-8-6-4-2)42-37-33-30-31-34-38-44-49(54)53-48(51(56)57)43-40-46-52/h36,41,47-48H,3-35,37-40,42-46,52H2,1-2H3,(H,53,54)(H,56,57)/b41-36-. The van der Waals surface area contributed by atoms with Crippen molar-refractivity contribution in [3.63, 3.8) is 0 Å². The predicted octanol–water partition coefficient (Wildman–Crippen LogP) is 15.0. The van der Waals surface area contributed by atoms with Gasteiger partial charge in [0.15, 0.2) is 0 Å². The summed E-state index contributed by atoms with van der Waals surface area (Å²) in [7, 11) is 0. The van der Waals surface area contributed by atoms with Gasteiger partial charge in [0.05, 0.1) is 0 Å². The number of aliphatic carboxylic acids is 1. The summed E-state index contributed by atoms with van der Waals surface area (Å²) in [5, 5.41) is 11.9. The second-order valence-corrected chi connectivity index (χ2v) is 17.6. The van der Waals surface area contributed by atoms with Gasteiger partial charge in [-0.25, -0.2) is 4.79 Å². The van der Waals surface area contributed by atoms with E-state index in [1.54, 1.807) is 0 Å². The van der Waals surface area contributed by atoms with Gasteiger partial charge in [-0.2, -0.15) is 0 Å². The lowest BCUT2D eigenvalue weighted by atomic mass is 10.0. The summed E-state index contributed by atoms with van der Waals surface area (Å²) in [5.41, 5.74) is 5.48. The molecule has 0 aromatic carbocycles. The number of carbonyl (C=O) groups excluding carboxylic acids is 2. The highest BCUT2D eigenvalue weighted by atomic mass is 16.5. The van der Waals surface area contributed by atoms with Crippen LogP contribution in [0, 0.1) is 0 Å². The molecule has 0 saturated heterocycles. The Bertz CT molecular complexity index is 925. The molecule has 4 N–H and O–H groups in total. The topological polar surface area (TPSA) is 119 Å². The first kappa shape index (κ1) is 56.1. The van der Waals surface area contributed by atoms with E-state index < -0.39 is 12.0 Å². The lowest BCUT2D eigenvalue weighted by Crippen LogP contribution is -2.40. The zero-order chi connectivity index (χ0) is 42.4. The molecule has 0 fully saturated rings. The van der Waals surface area contributed by atoms with Gasteiger partial charge in [0, 0.05) is 12.8 Å². The van der Waals surface area contributed by atoms with Crippen LogP contribution < -0.4 is 11.1 Å². The van der Waals surface area contributed by atoms with Crippen LogP contribution in [0.5, 0.6) is 0 Å². The molecule has 0 spiro atoms. The first-order valence-electron chi connectivity index (χ1n) is 25.5. The third-order valence-electron chi connectivity index (χ3n) is 11.8. The molecule has 0 aliphatic rings. The van der Waals surface area contributed by atoms with Crippen molar-refractivity contribution in [3.05, 3.63) is 12.2 Å². The Hall–Kier alpha value is -1.89. The summed E-state index contributed by atoms with van der Waals surface area (Å²) in [6, 6.07) is -0.851. The summed E-state index contributed by atoms with van der Waals surface area (Å²) in [5.74, 6) is -1.25. The molecule has 0 aliphatic carbocycles. The van der Waals surface area contributed by atoms with E-state index in [4.69, 9.17) is 10.5 Å². The first-order valence-corrected chi connectivity index (χ1v) is 25.5. The van der Waals surface area contributed by atoms with Crippen molar-refractivity contribution in [1.29, 1.82) is 0 Å². The molecular formula is C51H98N2O5. The van der Waals surface area contributed by atoms with Gasteiger partial charge in [0.1, 0.15) is 12.1 Å². The second-order valence-electron chi connectivity index (χ2n) is 17.6. The van der Waals surface area contributed by atoms with E-state index in [-0.39, 0.29) is 18.0 Å². The Kier molecular flexibility index (Phi) is 44.7. The van der Waals surface area contributed by atoms with Crippen molar-refractivity contribution in [3.8, 4) is 0 Å². The Morgan fingerprint density at radius 2 is 0.879 bits per heavy atom. The largest absolute Gasteiger partial charge is 0.480 e. The molecule has 7 heteroatoms. The zero-order valence-corrected chi connectivity index (χ0v) is 38.7. The lowest BCUT2D eigenvalue weighted by Gasteiger charge is -2.15. The van der Waals surface area contributed by atoms with Crippen LogP contribution in [0.3, 0.4) is 0 Å². The fourth-order valence-electron chi connectivity index (χ4n) is 7.95. The average Bonchev–Trinajstić information content (AvgIpc) is 3.21. The monoisotopic (exact) mass is 819 g/mol. The van der Waals surface area contributed by atoms with E-state index in [0.29, 0.717) is 32.2 Å². The maximum absolute atomic E-state index is 12.8. The highest BCUT2D eigenvalue weighted by Gasteiger charge is 2.19. The molecule has 0 heterocycles. The molecule has 2 unspecified atom stereocenters. The van der Waals surface area contributed by atoms with Crippen LogP contribution in [0.4, 0.5) is 0 Å². The summed E-state index contributed by atoms with van der Waals surface area (Å²) >= 11 is 0. The predicted molar refractivity (Wildman–Crippen MR) is 248 cm³/mol. The van der Waals surface area contributed by atoms with Crippen LogP contribution in [-0.2, 0) is 19.1 Å². The van der Waals surface area contributed by atoms with Crippen molar-refractivity contribution in [2.75, 3.05) is 6.54 Å². The minimum Gasteiger partial charge on any atom is -0.480 e. The number of carboxylic acids is 1. The smallest absolute Gasteiger partial charge is 0.326 e. The number of carbonyl (C=O) groups is 3. The molecule has 58 heavy (non-hydrogen) atoms. The van der Waals surface area contributed by atoms with Crippen molar-refractivity contribution in [2.45, 2.75) is 289 Å². The molecular weight excluding hydrogens is 721 g/mol. The molecule has 7 nitrogen and oxygen atoms in total. The van der Waals surface area contributed by atoms with Crippen LogP contribution in [0.25, 0.3) is 0 Å². The second kappa shape index (κ2) is 46.2. The number of hydrogen-bond donors (Lipinski definition) is 3. The van der Waals surface area contributed by atoms with Crippen molar-refractivity contribution in [2.24, 2.45) is 5.73 Å². The van der Waals surface area contributed by atoms with Crippen molar-refractivity contribution >= 4 is 17.8 Å².